The number of benzene rings is 1. The number of anilines is 1. The van der Waals surface area contributed by atoms with E-state index < -0.39 is 18.5 Å². The van der Waals surface area contributed by atoms with Crippen molar-refractivity contribution in [3.05, 3.63) is 69.7 Å². The lowest BCUT2D eigenvalue weighted by atomic mass is 10.2. The van der Waals surface area contributed by atoms with Crippen LogP contribution in [0.15, 0.2) is 57.9 Å². The van der Waals surface area contributed by atoms with Crippen molar-refractivity contribution in [3.63, 3.8) is 0 Å². The third-order valence-electron chi connectivity index (χ3n) is 3.17. The molecule has 0 atom stereocenters. The molecule has 3 aromatic rings. The SMILES string of the molecule is O=C(COC(=O)c1cc(=O)c2ccccc2o1)Nc1ccc(Cl)cn1. The lowest BCUT2D eigenvalue weighted by Gasteiger charge is -2.06. The van der Waals surface area contributed by atoms with Gasteiger partial charge in [-0.15, -0.1) is 0 Å². The Kier molecular flexibility index (Phi) is 4.76. The van der Waals surface area contributed by atoms with Crippen LogP contribution in [0.4, 0.5) is 5.82 Å². The van der Waals surface area contributed by atoms with Crippen molar-refractivity contribution < 1.29 is 18.7 Å². The summed E-state index contributed by atoms with van der Waals surface area (Å²) in [5.74, 6) is -1.52. The quantitative estimate of drug-likeness (QED) is 0.720. The van der Waals surface area contributed by atoms with E-state index in [-0.39, 0.29) is 22.6 Å². The van der Waals surface area contributed by atoms with Gasteiger partial charge in [0, 0.05) is 12.3 Å². The molecular weight excluding hydrogens is 348 g/mol. The molecular formula is C17H11ClN2O5. The molecule has 0 aliphatic carbocycles. The van der Waals surface area contributed by atoms with E-state index in [9.17, 15) is 14.4 Å². The molecule has 0 fully saturated rings. The van der Waals surface area contributed by atoms with Crippen LogP contribution in [0.5, 0.6) is 0 Å². The number of rotatable bonds is 4. The van der Waals surface area contributed by atoms with Crippen molar-refractivity contribution >= 4 is 40.3 Å². The standard InChI is InChI=1S/C17H11ClN2O5/c18-10-5-6-15(19-8-10)20-16(22)9-24-17(23)14-7-12(21)11-3-1-2-4-13(11)25-14/h1-8H,9H2,(H,19,20,22). The highest BCUT2D eigenvalue weighted by Crippen LogP contribution is 2.13. The molecule has 2 heterocycles. The molecule has 0 spiro atoms. The zero-order valence-corrected chi connectivity index (χ0v) is 13.4. The van der Waals surface area contributed by atoms with Gasteiger partial charge < -0.3 is 14.5 Å². The normalized spacial score (nSPS) is 10.4. The number of pyridine rings is 1. The molecule has 0 unspecified atom stereocenters. The lowest BCUT2D eigenvalue weighted by Crippen LogP contribution is -2.21. The molecule has 1 amide bonds. The summed E-state index contributed by atoms with van der Waals surface area (Å²) in [5, 5.41) is 3.22. The minimum atomic E-state index is -0.915. The van der Waals surface area contributed by atoms with Gasteiger partial charge in [0.05, 0.1) is 10.4 Å². The summed E-state index contributed by atoms with van der Waals surface area (Å²) in [6.45, 7) is -0.556. The van der Waals surface area contributed by atoms with E-state index in [1.165, 1.54) is 12.3 Å². The molecule has 0 aliphatic heterocycles. The van der Waals surface area contributed by atoms with Gasteiger partial charge in [0.25, 0.3) is 5.91 Å². The zero-order chi connectivity index (χ0) is 17.8. The predicted octanol–water partition coefficient (Wildman–Crippen LogP) is 2.64. The fraction of sp³-hybridized carbons (Fsp3) is 0.0588. The molecule has 3 rings (SSSR count). The molecule has 0 bridgehead atoms. The maximum absolute atomic E-state index is 12.0. The van der Waals surface area contributed by atoms with Crippen LogP contribution in [-0.2, 0) is 9.53 Å². The Hall–Kier alpha value is -3.19. The average Bonchev–Trinajstić information content (AvgIpc) is 2.61. The maximum atomic E-state index is 12.0. The van der Waals surface area contributed by atoms with Crippen molar-refractivity contribution in [1.82, 2.24) is 4.98 Å². The van der Waals surface area contributed by atoms with Gasteiger partial charge in [0.15, 0.2) is 12.0 Å². The fourth-order valence-electron chi connectivity index (χ4n) is 2.04. The van der Waals surface area contributed by atoms with Crippen LogP contribution in [0.3, 0.4) is 0 Å². The molecule has 8 heteroatoms. The summed E-state index contributed by atoms with van der Waals surface area (Å²) in [6.07, 6.45) is 1.37. The number of nitrogens with one attached hydrogen (secondary N) is 1. The Balaban J connectivity index is 1.65. The first-order valence-electron chi connectivity index (χ1n) is 7.14. The van der Waals surface area contributed by atoms with Crippen LogP contribution in [0.25, 0.3) is 11.0 Å². The van der Waals surface area contributed by atoms with E-state index >= 15 is 0 Å². The molecule has 126 valence electrons. The van der Waals surface area contributed by atoms with Crippen molar-refractivity contribution in [2.24, 2.45) is 0 Å². The number of hydrogen-bond donors (Lipinski definition) is 1. The first kappa shape index (κ1) is 16.7. The fourth-order valence-corrected chi connectivity index (χ4v) is 2.15. The number of carbonyl (C=O) groups is 2. The first-order chi connectivity index (χ1) is 12.0. The van der Waals surface area contributed by atoms with Gasteiger partial charge in [-0.3, -0.25) is 9.59 Å². The number of nitrogens with zero attached hydrogens (tertiary/aromatic N) is 1. The highest BCUT2D eigenvalue weighted by atomic mass is 35.5. The maximum Gasteiger partial charge on any atom is 0.374 e. The minimum Gasteiger partial charge on any atom is -0.450 e. The van der Waals surface area contributed by atoms with Crippen LogP contribution in [0.2, 0.25) is 5.02 Å². The Bertz CT molecular complexity index is 998. The van der Waals surface area contributed by atoms with Crippen molar-refractivity contribution in [2.75, 3.05) is 11.9 Å². The summed E-state index contributed by atoms with van der Waals surface area (Å²) in [6, 6.07) is 10.6. The minimum absolute atomic E-state index is 0.261. The summed E-state index contributed by atoms with van der Waals surface area (Å²) in [4.78, 5) is 39.6. The Morgan fingerprint density at radius 2 is 2.00 bits per heavy atom. The zero-order valence-electron chi connectivity index (χ0n) is 12.7. The van der Waals surface area contributed by atoms with E-state index in [1.54, 1.807) is 30.3 Å². The van der Waals surface area contributed by atoms with E-state index in [4.69, 9.17) is 20.8 Å². The molecule has 0 aliphatic rings. The number of halogens is 1. The van der Waals surface area contributed by atoms with Crippen LogP contribution in [0, 0.1) is 0 Å². The van der Waals surface area contributed by atoms with Gasteiger partial charge in [-0.2, -0.15) is 0 Å². The second-order valence-corrected chi connectivity index (χ2v) is 5.39. The Morgan fingerprint density at radius 1 is 1.20 bits per heavy atom. The number of carbonyl (C=O) groups excluding carboxylic acids is 2. The molecule has 2 aromatic heterocycles. The van der Waals surface area contributed by atoms with E-state index in [2.05, 4.69) is 10.3 Å². The van der Waals surface area contributed by atoms with Crippen LogP contribution in [0.1, 0.15) is 10.6 Å². The van der Waals surface area contributed by atoms with Gasteiger partial charge in [-0.05, 0) is 24.3 Å². The molecule has 1 aromatic carbocycles. The highest BCUT2D eigenvalue weighted by Gasteiger charge is 2.15. The second kappa shape index (κ2) is 7.14. The van der Waals surface area contributed by atoms with Crippen molar-refractivity contribution in [1.29, 1.82) is 0 Å². The molecule has 0 radical (unpaired) electrons. The lowest BCUT2D eigenvalue weighted by molar-refractivity contribution is -0.119. The summed E-state index contributed by atoms with van der Waals surface area (Å²) in [7, 11) is 0. The van der Waals surface area contributed by atoms with Crippen molar-refractivity contribution in [2.45, 2.75) is 0 Å². The number of ether oxygens (including phenoxy) is 1. The summed E-state index contributed by atoms with van der Waals surface area (Å²) < 4.78 is 10.2. The summed E-state index contributed by atoms with van der Waals surface area (Å²) >= 11 is 5.69. The van der Waals surface area contributed by atoms with E-state index in [1.807, 2.05) is 0 Å². The monoisotopic (exact) mass is 358 g/mol. The van der Waals surface area contributed by atoms with E-state index in [0.29, 0.717) is 10.4 Å². The number of hydrogen-bond acceptors (Lipinski definition) is 6. The third kappa shape index (κ3) is 4.02. The van der Waals surface area contributed by atoms with Gasteiger partial charge in [-0.1, -0.05) is 23.7 Å². The van der Waals surface area contributed by atoms with Crippen molar-refractivity contribution in [3.8, 4) is 0 Å². The van der Waals surface area contributed by atoms with Crippen LogP contribution in [-0.4, -0.2) is 23.5 Å². The number of esters is 1. The van der Waals surface area contributed by atoms with Crippen LogP contribution >= 0.6 is 11.6 Å². The average molecular weight is 359 g/mol. The molecule has 0 saturated carbocycles. The van der Waals surface area contributed by atoms with Gasteiger partial charge in [0.2, 0.25) is 5.76 Å². The number of para-hydroxylation sites is 1. The predicted molar refractivity (Wildman–Crippen MR) is 90.6 cm³/mol. The van der Waals surface area contributed by atoms with Gasteiger partial charge in [0.1, 0.15) is 11.4 Å². The molecule has 25 heavy (non-hydrogen) atoms. The molecule has 1 N–H and O–H groups in total. The summed E-state index contributed by atoms with van der Waals surface area (Å²) in [5.41, 5.74) is -0.111. The molecule has 0 saturated heterocycles. The number of aromatic nitrogens is 1. The topological polar surface area (TPSA) is 98.5 Å². The first-order valence-corrected chi connectivity index (χ1v) is 7.52. The Morgan fingerprint density at radius 3 is 2.76 bits per heavy atom. The van der Waals surface area contributed by atoms with Gasteiger partial charge >= 0.3 is 5.97 Å². The number of fused-ring (bicyclic) bond motifs is 1. The third-order valence-corrected chi connectivity index (χ3v) is 3.39. The highest BCUT2D eigenvalue weighted by molar-refractivity contribution is 6.30. The molecule has 7 nitrogen and oxygen atoms in total. The second-order valence-electron chi connectivity index (χ2n) is 4.96. The smallest absolute Gasteiger partial charge is 0.374 e. The Labute approximate surface area is 146 Å². The number of amides is 1. The largest absolute Gasteiger partial charge is 0.450 e. The van der Waals surface area contributed by atoms with E-state index in [0.717, 1.165) is 6.07 Å². The van der Waals surface area contributed by atoms with Crippen LogP contribution < -0.4 is 10.7 Å². The van der Waals surface area contributed by atoms with Gasteiger partial charge in [-0.25, -0.2) is 9.78 Å².